The Kier molecular flexibility index (Phi) is 8.96. The fourth-order valence-corrected chi connectivity index (χ4v) is 6.48. The maximum absolute atomic E-state index is 12.9. The van der Waals surface area contributed by atoms with Crippen LogP contribution in [-0.2, 0) is 16.1 Å². The average Bonchev–Trinajstić information content (AvgIpc) is 3.12. The highest BCUT2D eigenvalue weighted by Gasteiger charge is 2.30. The van der Waals surface area contributed by atoms with Crippen molar-refractivity contribution in [3.05, 3.63) is 94.4 Å². The number of amidine groups is 1. The van der Waals surface area contributed by atoms with Gasteiger partial charge in [0.1, 0.15) is 12.4 Å². The first-order valence-corrected chi connectivity index (χ1v) is 13.9. The fraction of sp³-hybridized carbons (Fsp3) is 0.115. The third-order valence-electron chi connectivity index (χ3n) is 5.13. The molecule has 10 heteroatoms. The van der Waals surface area contributed by atoms with Gasteiger partial charge in [-0.25, -0.2) is 9.79 Å². The van der Waals surface area contributed by atoms with Crippen molar-refractivity contribution in [3.8, 4) is 5.75 Å². The number of nitrogens with zero attached hydrogens (tertiary/aromatic N) is 2. The van der Waals surface area contributed by atoms with Gasteiger partial charge in [-0.2, -0.15) is 0 Å². The van der Waals surface area contributed by atoms with Gasteiger partial charge in [0, 0.05) is 12.1 Å². The number of ether oxygens (including phenoxy) is 2. The number of thioether (sulfide) groups is 1. The molecule has 1 saturated heterocycles. The van der Waals surface area contributed by atoms with Crippen molar-refractivity contribution in [2.45, 2.75) is 6.61 Å². The highest BCUT2D eigenvalue weighted by Crippen LogP contribution is 2.35. The molecule has 184 valence electrons. The van der Waals surface area contributed by atoms with E-state index in [4.69, 9.17) is 21.1 Å². The average molecular weight is 745 g/mol. The molecule has 6 nitrogen and oxygen atoms in total. The molecule has 0 bridgehead atoms. The fourth-order valence-electron chi connectivity index (χ4n) is 3.24. The molecule has 0 N–H and O–H groups in total. The van der Waals surface area contributed by atoms with Crippen molar-refractivity contribution < 1.29 is 19.1 Å². The molecule has 4 rings (SSSR count). The molecule has 0 radical (unpaired) electrons. The molecule has 3 aromatic rings. The van der Waals surface area contributed by atoms with E-state index in [0.29, 0.717) is 33.0 Å². The summed E-state index contributed by atoms with van der Waals surface area (Å²) in [7, 11) is 3.03. The number of hydrogen-bond acceptors (Lipinski definition) is 6. The normalized spacial score (nSPS) is 15.6. The van der Waals surface area contributed by atoms with Crippen LogP contribution in [0.25, 0.3) is 6.08 Å². The van der Waals surface area contributed by atoms with Gasteiger partial charge in [0.15, 0.2) is 5.17 Å². The first-order valence-electron chi connectivity index (χ1n) is 10.6. The second-order valence-electron chi connectivity index (χ2n) is 7.64. The second kappa shape index (κ2) is 12.0. The Hall–Kier alpha value is -2.09. The Morgan fingerprint density at radius 3 is 2.33 bits per heavy atom. The summed E-state index contributed by atoms with van der Waals surface area (Å²) < 4.78 is 12.7. The van der Waals surface area contributed by atoms with Crippen LogP contribution in [-0.4, -0.2) is 36.1 Å². The van der Waals surface area contributed by atoms with E-state index in [9.17, 15) is 9.59 Å². The number of carbonyl (C=O) groups excluding carboxylic acids is 2. The topological polar surface area (TPSA) is 68.2 Å². The molecule has 1 fully saturated rings. The van der Waals surface area contributed by atoms with Crippen molar-refractivity contribution in [2.75, 3.05) is 14.2 Å². The molecule has 0 aromatic heterocycles. The number of hydrogen-bond donors (Lipinski definition) is 0. The lowest BCUT2D eigenvalue weighted by Gasteiger charge is -2.12. The van der Waals surface area contributed by atoms with Crippen LogP contribution in [0.4, 0.5) is 5.69 Å². The molecular weight excluding hydrogens is 726 g/mol. The molecule has 0 atom stereocenters. The number of aliphatic imine (C=N–C) groups is 1. The summed E-state index contributed by atoms with van der Waals surface area (Å²) in [4.78, 5) is 31.2. The lowest BCUT2D eigenvalue weighted by atomic mass is 10.2. The molecule has 0 aliphatic carbocycles. The summed E-state index contributed by atoms with van der Waals surface area (Å²) in [5.41, 5.74) is 3.00. The predicted octanol–water partition coefficient (Wildman–Crippen LogP) is 7.15. The number of halogens is 3. The van der Waals surface area contributed by atoms with Gasteiger partial charge in [-0.15, -0.1) is 0 Å². The highest BCUT2D eigenvalue weighted by molar-refractivity contribution is 14.1. The van der Waals surface area contributed by atoms with Crippen LogP contribution >= 0.6 is 68.5 Å². The van der Waals surface area contributed by atoms with Crippen LogP contribution in [0.1, 0.15) is 21.5 Å². The molecule has 36 heavy (non-hydrogen) atoms. The zero-order chi connectivity index (χ0) is 25.8. The number of methoxy groups -OCH3 is 1. The van der Waals surface area contributed by atoms with Crippen molar-refractivity contribution >= 4 is 97.4 Å². The van der Waals surface area contributed by atoms with E-state index in [0.717, 1.165) is 24.0 Å². The first kappa shape index (κ1) is 27.0. The van der Waals surface area contributed by atoms with Crippen LogP contribution < -0.4 is 4.74 Å². The zero-order valence-electron chi connectivity index (χ0n) is 19.1. The molecule has 1 aliphatic heterocycles. The van der Waals surface area contributed by atoms with Gasteiger partial charge < -0.3 is 9.47 Å². The van der Waals surface area contributed by atoms with Gasteiger partial charge in [-0.1, -0.05) is 23.7 Å². The van der Waals surface area contributed by atoms with Crippen LogP contribution in [0, 0.1) is 7.14 Å². The summed E-state index contributed by atoms with van der Waals surface area (Å²) in [6, 6.07) is 18.2. The molecule has 0 saturated carbocycles. The lowest BCUT2D eigenvalue weighted by molar-refractivity contribution is -0.121. The Labute approximate surface area is 245 Å². The van der Waals surface area contributed by atoms with Crippen LogP contribution in [0.3, 0.4) is 0 Å². The van der Waals surface area contributed by atoms with Crippen LogP contribution in [0.15, 0.2) is 70.6 Å². The quantitative estimate of drug-likeness (QED) is 0.153. The van der Waals surface area contributed by atoms with E-state index in [1.807, 2.05) is 42.5 Å². The van der Waals surface area contributed by atoms with E-state index in [1.54, 1.807) is 31.3 Å². The van der Waals surface area contributed by atoms with Gasteiger partial charge in [-0.3, -0.25) is 9.69 Å². The molecule has 1 aliphatic rings. The Morgan fingerprint density at radius 2 is 1.72 bits per heavy atom. The minimum absolute atomic E-state index is 0.127. The SMILES string of the molecule is COC(=O)c1ccc(N=C2SC(=Cc3cc(I)c(OCc4ccc(Cl)cc4)c(I)c3)C(=O)N2C)cc1. The number of carbonyl (C=O) groups is 2. The molecule has 1 amide bonds. The van der Waals surface area contributed by atoms with E-state index in [2.05, 4.69) is 50.2 Å². The minimum atomic E-state index is -0.410. The van der Waals surface area contributed by atoms with E-state index >= 15 is 0 Å². The maximum Gasteiger partial charge on any atom is 0.337 e. The summed E-state index contributed by atoms with van der Waals surface area (Å²) in [5.74, 6) is 0.263. The summed E-state index contributed by atoms with van der Waals surface area (Å²) >= 11 is 11.8. The number of rotatable bonds is 6. The third kappa shape index (κ3) is 6.42. The maximum atomic E-state index is 12.9. The van der Waals surface area contributed by atoms with Crippen molar-refractivity contribution in [1.29, 1.82) is 0 Å². The first-order chi connectivity index (χ1) is 17.2. The predicted molar refractivity (Wildman–Crippen MR) is 161 cm³/mol. The van der Waals surface area contributed by atoms with Gasteiger partial charge >= 0.3 is 5.97 Å². The third-order valence-corrected chi connectivity index (χ3v) is 8.05. The molecule has 0 unspecified atom stereocenters. The smallest absolute Gasteiger partial charge is 0.337 e. The standard InChI is InChI=1S/C26H19ClI2N2O4S/c1-31-24(32)22(36-26(31)30-19-9-5-17(6-10-19)25(33)34-2)13-16-11-20(28)23(21(29)12-16)35-14-15-3-7-18(27)8-4-15/h3-13H,14H2,1-2H3. The van der Waals surface area contributed by atoms with Crippen LogP contribution in [0.2, 0.25) is 5.02 Å². The minimum Gasteiger partial charge on any atom is -0.487 e. The molecular formula is C26H19ClI2N2O4S. The molecule has 3 aromatic carbocycles. The number of esters is 1. The second-order valence-corrected chi connectivity index (χ2v) is 11.4. The van der Waals surface area contributed by atoms with Gasteiger partial charge in [-0.05, 0) is 123 Å². The number of amides is 1. The Balaban J connectivity index is 1.51. The van der Waals surface area contributed by atoms with Gasteiger partial charge in [0.05, 0.1) is 30.4 Å². The van der Waals surface area contributed by atoms with Crippen LogP contribution in [0.5, 0.6) is 5.75 Å². The molecule has 1 heterocycles. The number of benzene rings is 3. The molecule has 0 spiro atoms. The summed E-state index contributed by atoms with van der Waals surface area (Å²) in [5, 5.41) is 1.25. The summed E-state index contributed by atoms with van der Waals surface area (Å²) in [6.45, 7) is 0.434. The Morgan fingerprint density at radius 1 is 1.08 bits per heavy atom. The van der Waals surface area contributed by atoms with Crippen molar-refractivity contribution in [2.24, 2.45) is 4.99 Å². The summed E-state index contributed by atoms with van der Waals surface area (Å²) in [6.07, 6.45) is 1.86. The van der Waals surface area contributed by atoms with Gasteiger partial charge in [0.2, 0.25) is 0 Å². The zero-order valence-corrected chi connectivity index (χ0v) is 25.0. The highest BCUT2D eigenvalue weighted by atomic mass is 127. The van der Waals surface area contributed by atoms with E-state index in [1.165, 1.54) is 23.8 Å². The van der Waals surface area contributed by atoms with E-state index in [-0.39, 0.29) is 5.91 Å². The van der Waals surface area contributed by atoms with E-state index < -0.39 is 5.97 Å². The van der Waals surface area contributed by atoms with Crippen molar-refractivity contribution in [3.63, 3.8) is 0 Å². The van der Waals surface area contributed by atoms with Gasteiger partial charge in [0.25, 0.3) is 5.91 Å². The monoisotopic (exact) mass is 744 g/mol. The number of likely N-dealkylation sites (N-methyl/N-ethyl adjacent to an activating group) is 1. The lowest BCUT2D eigenvalue weighted by Crippen LogP contribution is -2.23. The largest absolute Gasteiger partial charge is 0.487 e. The van der Waals surface area contributed by atoms with Crippen molar-refractivity contribution in [1.82, 2.24) is 4.90 Å². The Bertz CT molecular complexity index is 1350.